The molecule has 0 radical (unpaired) electrons. The fourth-order valence-electron chi connectivity index (χ4n) is 3.93. The van der Waals surface area contributed by atoms with Crippen molar-refractivity contribution in [1.82, 2.24) is 14.8 Å². The lowest BCUT2D eigenvalue weighted by Gasteiger charge is -2.37. The average molecular weight is 355 g/mol. The van der Waals surface area contributed by atoms with Gasteiger partial charge in [0, 0.05) is 56.6 Å². The first-order valence-electron chi connectivity index (χ1n) is 9.27. The van der Waals surface area contributed by atoms with Crippen LogP contribution in [0.4, 0.5) is 0 Å². The van der Waals surface area contributed by atoms with Crippen LogP contribution in [0.3, 0.4) is 0 Å². The maximum atomic E-state index is 12.7. The lowest BCUT2D eigenvalue weighted by Crippen LogP contribution is -2.49. The predicted molar refractivity (Wildman–Crippen MR) is 96.7 cm³/mol. The Morgan fingerprint density at radius 3 is 3.00 bits per heavy atom. The van der Waals surface area contributed by atoms with E-state index in [0.717, 1.165) is 38.2 Å². The summed E-state index contributed by atoms with van der Waals surface area (Å²) in [6, 6.07) is 5.93. The molecule has 2 aromatic rings. The number of nitrogens with zero attached hydrogens (tertiary/aromatic N) is 3. The molecule has 2 aromatic heterocycles. The van der Waals surface area contributed by atoms with Gasteiger partial charge in [-0.2, -0.15) is 0 Å². The summed E-state index contributed by atoms with van der Waals surface area (Å²) in [5.41, 5.74) is 2.12. The molecule has 0 N–H and O–H groups in total. The van der Waals surface area contributed by atoms with Crippen molar-refractivity contribution in [2.75, 3.05) is 32.8 Å². The molecule has 4 rings (SSSR count). The molecule has 0 aromatic carbocycles. The van der Waals surface area contributed by atoms with E-state index in [1.807, 2.05) is 30.2 Å². The molecule has 26 heavy (non-hydrogen) atoms. The quantitative estimate of drug-likeness (QED) is 0.846. The molecule has 0 saturated carbocycles. The van der Waals surface area contributed by atoms with Crippen molar-refractivity contribution in [2.24, 2.45) is 5.92 Å². The Hall–Kier alpha value is -2.18. The van der Waals surface area contributed by atoms with E-state index in [2.05, 4.69) is 16.0 Å². The molecule has 6 nitrogen and oxygen atoms in total. The second kappa shape index (κ2) is 7.60. The van der Waals surface area contributed by atoms with Gasteiger partial charge >= 0.3 is 0 Å². The zero-order valence-electron chi connectivity index (χ0n) is 15.1. The molecule has 2 saturated heterocycles. The number of piperidine rings is 1. The summed E-state index contributed by atoms with van der Waals surface area (Å²) in [5, 5.41) is 0. The smallest absolute Gasteiger partial charge is 0.289 e. The normalized spacial score (nSPS) is 24.1. The van der Waals surface area contributed by atoms with Crippen LogP contribution in [0.5, 0.6) is 0 Å². The fourth-order valence-corrected chi connectivity index (χ4v) is 3.93. The number of likely N-dealkylation sites (tertiary alicyclic amines) is 1. The van der Waals surface area contributed by atoms with Crippen LogP contribution in [0.15, 0.2) is 41.3 Å². The standard InChI is InChI=1S/C20H25N3O3/c1-15-5-9-26-19(15)20(24)23-7-4-17-13-22(8-10-25-18(17)14-23)12-16-3-2-6-21-11-16/h2-3,5-6,9,11,17-18H,4,7-8,10,12-14H2,1H3/t17-,18-/m1/s1. The molecule has 2 fully saturated rings. The van der Waals surface area contributed by atoms with Crippen molar-refractivity contribution in [3.63, 3.8) is 0 Å². The number of carbonyl (C=O) groups is 1. The first kappa shape index (κ1) is 17.2. The zero-order valence-corrected chi connectivity index (χ0v) is 15.1. The number of hydrogen-bond donors (Lipinski definition) is 0. The second-order valence-corrected chi connectivity index (χ2v) is 7.24. The zero-order chi connectivity index (χ0) is 17.9. The molecule has 138 valence electrons. The van der Waals surface area contributed by atoms with Crippen molar-refractivity contribution in [2.45, 2.75) is 26.0 Å². The van der Waals surface area contributed by atoms with Crippen LogP contribution in [-0.4, -0.2) is 59.6 Å². The largest absolute Gasteiger partial charge is 0.459 e. The molecule has 0 unspecified atom stereocenters. The summed E-state index contributed by atoms with van der Waals surface area (Å²) in [4.78, 5) is 21.2. The molecule has 6 heteroatoms. The summed E-state index contributed by atoms with van der Waals surface area (Å²) in [7, 11) is 0. The van der Waals surface area contributed by atoms with Crippen LogP contribution < -0.4 is 0 Å². The van der Waals surface area contributed by atoms with Crippen LogP contribution in [-0.2, 0) is 11.3 Å². The highest BCUT2D eigenvalue weighted by atomic mass is 16.5. The van der Waals surface area contributed by atoms with Crippen LogP contribution in [0.2, 0.25) is 0 Å². The molecule has 4 heterocycles. The monoisotopic (exact) mass is 355 g/mol. The summed E-state index contributed by atoms with van der Waals surface area (Å²) >= 11 is 0. The summed E-state index contributed by atoms with van der Waals surface area (Å²) in [6.45, 7) is 6.81. The lowest BCUT2D eigenvalue weighted by atomic mass is 9.93. The summed E-state index contributed by atoms with van der Waals surface area (Å²) in [6.07, 6.45) is 6.37. The van der Waals surface area contributed by atoms with E-state index < -0.39 is 0 Å². The Morgan fingerprint density at radius 2 is 2.23 bits per heavy atom. The highest BCUT2D eigenvalue weighted by Crippen LogP contribution is 2.26. The number of pyridine rings is 1. The van der Waals surface area contributed by atoms with E-state index in [1.54, 1.807) is 12.5 Å². The SMILES string of the molecule is Cc1ccoc1C(=O)N1CC[C@@H]2CN(Cc3cccnc3)CCO[C@@H]2C1. The second-order valence-electron chi connectivity index (χ2n) is 7.24. The molecule has 0 aliphatic carbocycles. The van der Waals surface area contributed by atoms with Crippen LogP contribution in [0.1, 0.15) is 28.1 Å². The maximum absolute atomic E-state index is 12.7. The van der Waals surface area contributed by atoms with E-state index in [-0.39, 0.29) is 12.0 Å². The van der Waals surface area contributed by atoms with Gasteiger partial charge in [0.25, 0.3) is 5.91 Å². The third-order valence-electron chi connectivity index (χ3n) is 5.40. The molecule has 0 spiro atoms. The minimum Gasteiger partial charge on any atom is -0.459 e. The van der Waals surface area contributed by atoms with E-state index in [4.69, 9.17) is 9.15 Å². The molecular weight excluding hydrogens is 330 g/mol. The van der Waals surface area contributed by atoms with Gasteiger partial charge in [-0.1, -0.05) is 6.07 Å². The van der Waals surface area contributed by atoms with Crippen LogP contribution in [0.25, 0.3) is 0 Å². The molecule has 0 bridgehead atoms. The number of amides is 1. The topological polar surface area (TPSA) is 58.8 Å². The van der Waals surface area contributed by atoms with Crippen molar-refractivity contribution >= 4 is 5.91 Å². The minimum atomic E-state index is -0.0222. The van der Waals surface area contributed by atoms with Gasteiger partial charge in [-0.25, -0.2) is 0 Å². The van der Waals surface area contributed by atoms with E-state index in [1.165, 1.54) is 5.56 Å². The van der Waals surface area contributed by atoms with Gasteiger partial charge in [0.05, 0.1) is 19.0 Å². The number of furan rings is 1. The van der Waals surface area contributed by atoms with Gasteiger partial charge in [0.1, 0.15) is 0 Å². The van der Waals surface area contributed by atoms with Gasteiger partial charge in [-0.3, -0.25) is 14.7 Å². The molecule has 1 amide bonds. The third kappa shape index (κ3) is 3.66. The Morgan fingerprint density at radius 1 is 1.31 bits per heavy atom. The van der Waals surface area contributed by atoms with Gasteiger partial charge < -0.3 is 14.1 Å². The minimum absolute atomic E-state index is 0.0222. The number of fused-ring (bicyclic) bond motifs is 1. The molecule has 2 atom stereocenters. The Kier molecular flexibility index (Phi) is 5.04. The van der Waals surface area contributed by atoms with Gasteiger partial charge in [0.15, 0.2) is 5.76 Å². The Bertz CT molecular complexity index is 746. The van der Waals surface area contributed by atoms with Crippen LogP contribution in [0, 0.1) is 12.8 Å². The average Bonchev–Trinajstić information content (AvgIpc) is 2.98. The maximum Gasteiger partial charge on any atom is 0.289 e. The number of hydrogen-bond acceptors (Lipinski definition) is 5. The predicted octanol–water partition coefficient (Wildman–Crippen LogP) is 2.35. The molecule has 2 aliphatic heterocycles. The number of aryl methyl sites for hydroxylation is 1. The van der Waals surface area contributed by atoms with Crippen molar-refractivity contribution in [1.29, 1.82) is 0 Å². The Balaban J connectivity index is 1.39. The Labute approximate surface area is 153 Å². The number of aromatic nitrogens is 1. The fraction of sp³-hybridized carbons (Fsp3) is 0.500. The molecule has 2 aliphatic rings. The highest BCUT2D eigenvalue weighted by Gasteiger charge is 2.36. The van der Waals surface area contributed by atoms with E-state index in [9.17, 15) is 4.79 Å². The van der Waals surface area contributed by atoms with Crippen molar-refractivity contribution in [3.8, 4) is 0 Å². The summed E-state index contributed by atoms with van der Waals surface area (Å²) in [5.74, 6) is 0.886. The van der Waals surface area contributed by atoms with E-state index >= 15 is 0 Å². The number of rotatable bonds is 3. The highest BCUT2D eigenvalue weighted by molar-refractivity contribution is 5.92. The lowest BCUT2D eigenvalue weighted by molar-refractivity contribution is -0.0179. The number of carbonyl (C=O) groups excluding carboxylic acids is 1. The van der Waals surface area contributed by atoms with Gasteiger partial charge in [-0.05, 0) is 31.0 Å². The van der Waals surface area contributed by atoms with Crippen molar-refractivity contribution in [3.05, 3.63) is 53.7 Å². The third-order valence-corrected chi connectivity index (χ3v) is 5.40. The number of ether oxygens (including phenoxy) is 1. The van der Waals surface area contributed by atoms with E-state index in [0.29, 0.717) is 24.8 Å². The van der Waals surface area contributed by atoms with Crippen LogP contribution >= 0.6 is 0 Å². The van der Waals surface area contributed by atoms with Gasteiger partial charge in [0.2, 0.25) is 0 Å². The molecular formula is C20H25N3O3. The summed E-state index contributed by atoms with van der Waals surface area (Å²) < 4.78 is 11.5. The first-order chi connectivity index (χ1) is 12.7. The first-order valence-corrected chi connectivity index (χ1v) is 9.27. The van der Waals surface area contributed by atoms with Gasteiger partial charge in [-0.15, -0.1) is 0 Å². The van der Waals surface area contributed by atoms with Crippen molar-refractivity contribution < 1.29 is 13.9 Å².